The van der Waals surface area contributed by atoms with E-state index in [4.69, 9.17) is 29.2 Å². The number of rotatable bonds is 17. The molecule has 0 radical (unpaired) electrons. The van der Waals surface area contributed by atoms with Gasteiger partial charge in [0.1, 0.15) is 0 Å². The lowest BCUT2D eigenvalue weighted by Gasteiger charge is -2.15. The molecule has 2 unspecified atom stereocenters. The van der Waals surface area contributed by atoms with Gasteiger partial charge in [-0.1, -0.05) is 0 Å². The molecule has 22 heavy (non-hydrogen) atoms. The molecule has 134 valence electrons. The lowest BCUT2D eigenvalue weighted by molar-refractivity contribution is -0.140. The monoisotopic (exact) mass is 322 g/mol. The summed E-state index contributed by atoms with van der Waals surface area (Å²) in [6, 6.07) is 0. The number of unbranched alkanes of at least 4 members (excludes halogenated alkanes) is 3. The summed E-state index contributed by atoms with van der Waals surface area (Å²) in [5.74, 6) is 0. The molecule has 0 aliphatic carbocycles. The van der Waals surface area contributed by atoms with E-state index in [1.54, 1.807) is 0 Å². The normalized spacial score (nSPS) is 14.2. The minimum atomic E-state index is -0.201. The van der Waals surface area contributed by atoms with Crippen LogP contribution in [0, 0.1) is 0 Å². The predicted octanol–water partition coefficient (Wildman–Crippen LogP) is 2.07. The molecule has 0 aromatic carbocycles. The molecule has 0 fully saturated rings. The van der Waals surface area contributed by atoms with Gasteiger partial charge < -0.3 is 29.2 Å². The third kappa shape index (κ3) is 16.1. The van der Waals surface area contributed by atoms with E-state index < -0.39 is 0 Å². The van der Waals surface area contributed by atoms with Crippen LogP contribution in [0.25, 0.3) is 0 Å². The Labute approximate surface area is 134 Å². The van der Waals surface area contributed by atoms with E-state index in [0.717, 1.165) is 38.5 Å². The Kier molecular flexibility index (Phi) is 16.9. The number of hydrogen-bond donors (Lipinski definition) is 2. The zero-order valence-corrected chi connectivity index (χ0v) is 14.2. The van der Waals surface area contributed by atoms with Gasteiger partial charge in [0.2, 0.25) is 0 Å². The predicted molar refractivity (Wildman–Crippen MR) is 84.6 cm³/mol. The third-order valence-electron chi connectivity index (χ3n) is 3.05. The van der Waals surface area contributed by atoms with Crippen LogP contribution in [0.3, 0.4) is 0 Å². The van der Waals surface area contributed by atoms with Gasteiger partial charge in [-0.25, -0.2) is 0 Å². The number of aliphatic hydroxyl groups is 2. The summed E-state index contributed by atoms with van der Waals surface area (Å²) in [6.45, 7) is 6.73. The van der Waals surface area contributed by atoms with Crippen molar-refractivity contribution in [1.29, 1.82) is 0 Å². The average Bonchev–Trinajstić information content (AvgIpc) is 2.51. The van der Waals surface area contributed by atoms with Crippen LogP contribution in [0.4, 0.5) is 0 Å². The van der Waals surface area contributed by atoms with Crippen LogP contribution < -0.4 is 0 Å². The fourth-order valence-electron chi connectivity index (χ4n) is 1.73. The van der Waals surface area contributed by atoms with E-state index >= 15 is 0 Å². The minimum Gasteiger partial charge on any atom is -0.396 e. The zero-order chi connectivity index (χ0) is 16.5. The number of hydrogen-bond acceptors (Lipinski definition) is 6. The summed E-state index contributed by atoms with van der Waals surface area (Å²) in [7, 11) is 0. The molecule has 0 heterocycles. The lowest BCUT2D eigenvalue weighted by atomic mass is 10.3. The average molecular weight is 322 g/mol. The van der Waals surface area contributed by atoms with Crippen molar-refractivity contribution in [3.8, 4) is 0 Å². The molecule has 0 bridgehead atoms. The maximum Gasteiger partial charge on any atom is 0.154 e. The first-order chi connectivity index (χ1) is 10.7. The quantitative estimate of drug-likeness (QED) is 0.315. The molecule has 0 saturated carbocycles. The fourth-order valence-corrected chi connectivity index (χ4v) is 1.73. The second-order valence-corrected chi connectivity index (χ2v) is 5.19. The van der Waals surface area contributed by atoms with Gasteiger partial charge in [-0.2, -0.15) is 0 Å². The summed E-state index contributed by atoms with van der Waals surface area (Å²) >= 11 is 0. The zero-order valence-electron chi connectivity index (χ0n) is 14.2. The van der Waals surface area contributed by atoms with Crippen LogP contribution in [0.1, 0.15) is 52.4 Å². The highest BCUT2D eigenvalue weighted by atomic mass is 16.7. The minimum absolute atomic E-state index is 0.201. The van der Waals surface area contributed by atoms with Crippen molar-refractivity contribution in [2.45, 2.75) is 65.0 Å². The van der Waals surface area contributed by atoms with Crippen LogP contribution >= 0.6 is 0 Å². The Morgan fingerprint density at radius 1 is 0.545 bits per heavy atom. The van der Waals surface area contributed by atoms with Crippen LogP contribution in [0.2, 0.25) is 0 Å². The highest BCUT2D eigenvalue weighted by molar-refractivity contribution is 4.43. The Morgan fingerprint density at radius 3 is 1.09 bits per heavy atom. The van der Waals surface area contributed by atoms with E-state index in [0.29, 0.717) is 26.4 Å². The van der Waals surface area contributed by atoms with Crippen molar-refractivity contribution in [2.24, 2.45) is 0 Å². The number of aliphatic hydroxyl groups excluding tert-OH is 2. The highest BCUT2D eigenvalue weighted by Crippen LogP contribution is 2.02. The van der Waals surface area contributed by atoms with Crippen molar-refractivity contribution in [2.75, 3.05) is 39.6 Å². The SMILES string of the molecule is CC(OCCCCO)OCCCCOC(C)OCCCCO. The summed E-state index contributed by atoms with van der Waals surface area (Å²) in [4.78, 5) is 0. The fraction of sp³-hybridized carbons (Fsp3) is 1.00. The van der Waals surface area contributed by atoms with Gasteiger partial charge in [0, 0.05) is 39.6 Å². The summed E-state index contributed by atoms with van der Waals surface area (Å²) < 4.78 is 22.0. The molecule has 0 aliphatic heterocycles. The second-order valence-electron chi connectivity index (χ2n) is 5.19. The van der Waals surface area contributed by atoms with Gasteiger partial charge in [0.05, 0.1) is 0 Å². The summed E-state index contributed by atoms with van der Waals surface area (Å²) in [6.07, 6.45) is 4.68. The van der Waals surface area contributed by atoms with Crippen molar-refractivity contribution in [1.82, 2.24) is 0 Å². The van der Waals surface area contributed by atoms with Gasteiger partial charge in [-0.15, -0.1) is 0 Å². The second kappa shape index (κ2) is 17.1. The van der Waals surface area contributed by atoms with Gasteiger partial charge >= 0.3 is 0 Å². The molecule has 0 aliphatic rings. The van der Waals surface area contributed by atoms with Gasteiger partial charge in [-0.05, 0) is 52.4 Å². The van der Waals surface area contributed by atoms with E-state index in [1.165, 1.54) is 0 Å². The topological polar surface area (TPSA) is 77.4 Å². The van der Waals surface area contributed by atoms with E-state index in [9.17, 15) is 0 Å². The van der Waals surface area contributed by atoms with Gasteiger partial charge in [0.15, 0.2) is 12.6 Å². The maximum absolute atomic E-state index is 8.65. The first-order valence-corrected chi connectivity index (χ1v) is 8.38. The molecule has 0 aromatic rings. The molecule has 6 nitrogen and oxygen atoms in total. The lowest BCUT2D eigenvalue weighted by Crippen LogP contribution is -2.16. The standard InChI is InChI=1S/C16H34O6/c1-15(19-11-5-3-9-17)21-13-7-8-14-22-16(2)20-12-6-4-10-18/h15-18H,3-14H2,1-2H3. The van der Waals surface area contributed by atoms with E-state index in [2.05, 4.69) is 0 Å². The van der Waals surface area contributed by atoms with Crippen molar-refractivity contribution in [3.63, 3.8) is 0 Å². The molecule has 0 amide bonds. The van der Waals surface area contributed by atoms with Gasteiger partial charge in [-0.3, -0.25) is 0 Å². The molecule has 0 rings (SSSR count). The molecule has 0 aromatic heterocycles. The smallest absolute Gasteiger partial charge is 0.154 e. The van der Waals surface area contributed by atoms with Crippen LogP contribution in [-0.2, 0) is 18.9 Å². The molecule has 6 heteroatoms. The summed E-state index contributed by atoms with van der Waals surface area (Å²) in [5.41, 5.74) is 0. The van der Waals surface area contributed by atoms with Crippen molar-refractivity contribution < 1.29 is 29.2 Å². The molecule has 0 saturated heterocycles. The highest BCUT2D eigenvalue weighted by Gasteiger charge is 2.03. The van der Waals surface area contributed by atoms with E-state index in [-0.39, 0.29) is 25.8 Å². The first kappa shape index (κ1) is 21.8. The van der Waals surface area contributed by atoms with Crippen molar-refractivity contribution in [3.05, 3.63) is 0 Å². The van der Waals surface area contributed by atoms with Crippen LogP contribution in [0.15, 0.2) is 0 Å². The van der Waals surface area contributed by atoms with Gasteiger partial charge in [0.25, 0.3) is 0 Å². The molecule has 2 atom stereocenters. The van der Waals surface area contributed by atoms with Crippen molar-refractivity contribution >= 4 is 0 Å². The number of ether oxygens (including phenoxy) is 4. The van der Waals surface area contributed by atoms with E-state index in [1.807, 2.05) is 13.8 Å². The Hall–Kier alpha value is -0.240. The Morgan fingerprint density at radius 2 is 0.818 bits per heavy atom. The maximum atomic E-state index is 8.65. The summed E-state index contributed by atoms with van der Waals surface area (Å²) in [5, 5.41) is 17.3. The molecule has 0 spiro atoms. The molecule has 2 N–H and O–H groups in total. The van der Waals surface area contributed by atoms with Crippen LogP contribution in [0.5, 0.6) is 0 Å². The Balaban J connectivity index is 3.24. The third-order valence-corrected chi connectivity index (χ3v) is 3.05. The molecular weight excluding hydrogens is 288 g/mol. The first-order valence-electron chi connectivity index (χ1n) is 8.38. The largest absolute Gasteiger partial charge is 0.396 e. The molecular formula is C16H34O6. The van der Waals surface area contributed by atoms with Crippen LogP contribution in [-0.4, -0.2) is 62.4 Å². The Bertz CT molecular complexity index is 193.